The third-order valence-corrected chi connectivity index (χ3v) is 1.93. The Morgan fingerprint density at radius 2 is 2.08 bits per heavy atom. The number of aliphatic hydroxyl groups excluding tert-OH is 1. The summed E-state index contributed by atoms with van der Waals surface area (Å²) >= 11 is 0. The Morgan fingerprint density at radius 1 is 1.33 bits per heavy atom. The number of benzene rings is 1. The summed E-state index contributed by atoms with van der Waals surface area (Å²) in [6.07, 6.45) is 0. The van der Waals surface area contributed by atoms with E-state index in [0.717, 1.165) is 6.54 Å². The van der Waals surface area contributed by atoms with Crippen LogP contribution < -0.4 is 5.32 Å². The van der Waals surface area contributed by atoms with E-state index in [2.05, 4.69) is 37.4 Å². The third-order valence-electron chi connectivity index (χ3n) is 1.93. The molecule has 1 rings (SSSR count). The van der Waals surface area contributed by atoms with Crippen LogP contribution in [0.2, 0.25) is 0 Å². The van der Waals surface area contributed by atoms with Crippen LogP contribution in [0.4, 0.5) is 0 Å². The van der Waals surface area contributed by atoms with E-state index >= 15 is 0 Å². The van der Waals surface area contributed by atoms with E-state index in [1.807, 2.05) is 0 Å². The monoisotopic (exact) mass is 165 g/mol. The summed E-state index contributed by atoms with van der Waals surface area (Å²) in [5.74, 6) is 0. The lowest BCUT2D eigenvalue weighted by Gasteiger charge is -2.06. The highest BCUT2D eigenvalue weighted by atomic mass is 16.3. The van der Waals surface area contributed by atoms with Crippen molar-refractivity contribution in [2.75, 3.05) is 6.73 Å². The van der Waals surface area contributed by atoms with Crippen LogP contribution in [0.5, 0.6) is 0 Å². The zero-order chi connectivity index (χ0) is 8.97. The lowest BCUT2D eigenvalue weighted by Crippen LogP contribution is -2.14. The van der Waals surface area contributed by atoms with Gasteiger partial charge < -0.3 is 5.11 Å². The van der Waals surface area contributed by atoms with Gasteiger partial charge in [0.1, 0.15) is 0 Å². The minimum Gasteiger partial charge on any atom is -0.381 e. The molecule has 0 atom stereocenters. The molecule has 0 aromatic heterocycles. The Labute approximate surface area is 73.2 Å². The summed E-state index contributed by atoms with van der Waals surface area (Å²) < 4.78 is 0. The second kappa shape index (κ2) is 4.24. The van der Waals surface area contributed by atoms with Crippen LogP contribution in [-0.4, -0.2) is 11.8 Å². The molecule has 2 heteroatoms. The molecule has 0 spiro atoms. The van der Waals surface area contributed by atoms with Crippen molar-refractivity contribution >= 4 is 0 Å². The number of rotatable bonds is 3. The van der Waals surface area contributed by atoms with Crippen molar-refractivity contribution in [2.24, 2.45) is 0 Å². The first kappa shape index (κ1) is 9.23. The second-order valence-electron chi connectivity index (χ2n) is 3.01. The van der Waals surface area contributed by atoms with Crippen molar-refractivity contribution < 1.29 is 5.11 Å². The van der Waals surface area contributed by atoms with Crippen molar-refractivity contribution in [2.45, 2.75) is 20.4 Å². The van der Waals surface area contributed by atoms with Gasteiger partial charge in [-0.1, -0.05) is 23.8 Å². The van der Waals surface area contributed by atoms with Crippen molar-refractivity contribution in [1.29, 1.82) is 0 Å². The van der Waals surface area contributed by atoms with E-state index in [-0.39, 0.29) is 6.73 Å². The second-order valence-corrected chi connectivity index (χ2v) is 3.01. The van der Waals surface area contributed by atoms with Crippen LogP contribution in [0.15, 0.2) is 18.2 Å². The number of hydrogen-bond donors (Lipinski definition) is 2. The predicted molar refractivity (Wildman–Crippen MR) is 49.8 cm³/mol. The van der Waals surface area contributed by atoms with Gasteiger partial charge in [-0.2, -0.15) is 0 Å². The first-order chi connectivity index (χ1) is 5.74. The van der Waals surface area contributed by atoms with E-state index in [1.165, 1.54) is 16.7 Å². The normalized spacial score (nSPS) is 10.2. The SMILES string of the molecule is Cc1ccc(CNCO)c(C)c1. The molecule has 0 fully saturated rings. The molecule has 1 aromatic carbocycles. The highest BCUT2D eigenvalue weighted by Crippen LogP contribution is 2.09. The molecule has 0 radical (unpaired) electrons. The Balaban J connectivity index is 2.72. The minimum atomic E-state index is 0.0350. The largest absolute Gasteiger partial charge is 0.381 e. The van der Waals surface area contributed by atoms with E-state index in [1.54, 1.807) is 0 Å². The van der Waals surface area contributed by atoms with Gasteiger partial charge in [0.05, 0.1) is 6.73 Å². The molecule has 0 heterocycles. The van der Waals surface area contributed by atoms with Crippen molar-refractivity contribution in [3.63, 3.8) is 0 Å². The molecule has 0 amide bonds. The predicted octanol–water partition coefficient (Wildman–Crippen LogP) is 1.34. The average Bonchev–Trinajstić information content (AvgIpc) is 2.03. The van der Waals surface area contributed by atoms with Crippen LogP contribution in [0, 0.1) is 13.8 Å². The minimum absolute atomic E-state index is 0.0350. The molecule has 0 unspecified atom stereocenters. The fourth-order valence-electron chi connectivity index (χ4n) is 1.23. The van der Waals surface area contributed by atoms with Crippen LogP contribution >= 0.6 is 0 Å². The molecule has 0 saturated heterocycles. The molecule has 66 valence electrons. The topological polar surface area (TPSA) is 32.3 Å². The van der Waals surface area contributed by atoms with Crippen LogP contribution in [0.25, 0.3) is 0 Å². The van der Waals surface area contributed by atoms with E-state index in [4.69, 9.17) is 5.11 Å². The first-order valence-electron chi connectivity index (χ1n) is 4.11. The smallest absolute Gasteiger partial charge is 0.0934 e. The zero-order valence-corrected chi connectivity index (χ0v) is 7.59. The van der Waals surface area contributed by atoms with Crippen molar-refractivity contribution in [1.82, 2.24) is 5.32 Å². The van der Waals surface area contributed by atoms with Gasteiger partial charge >= 0.3 is 0 Å². The maximum atomic E-state index is 8.56. The Morgan fingerprint density at radius 3 is 2.67 bits per heavy atom. The van der Waals surface area contributed by atoms with E-state index in [0.29, 0.717) is 0 Å². The summed E-state index contributed by atoms with van der Waals surface area (Å²) in [4.78, 5) is 0. The molecular formula is C10H15NO. The van der Waals surface area contributed by atoms with Crippen LogP contribution in [0.3, 0.4) is 0 Å². The molecule has 0 aliphatic rings. The Kier molecular flexibility index (Phi) is 3.26. The lowest BCUT2D eigenvalue weighted by molar-refractivity contribution is 0.259. The van der Waals surface area contributed by atoms with Gasteiger partial charge in [-0.25, -0.2) is 0 Å². The number of hydrogen-bond acceptors (Lipinski definition) is 2. The summed E-state index contributed by atoms with van der Waals surface area (Å²) in [6.45, 7) is 4.94. The lowest BCUT2D eigenvalue weighted by atomic mass is 10.1. The molecular weight excluding hydrogens is 150 g/mol. The van der Waals surface area contributed by atoms with Gasteiger partial charge in [0, 0.05) is 6.54 Å². The molecule has 0 bridgehead atoms. The molecule has 0 aliphatic carbocycles. The quantitative estimate of drug-likeness (QED) is 0.662. The molecule has 12 heavy (non-hydrogen) atoms. The number of nitrogens with one attached hydrogen (secondary N) is 1. The molecule has 2 nitrogen and oxygen atoms in total. The molecule has 0 aliphatic heterocycles. The fourth-order valence-corrected chi connectivity index (χ4v) is 1.23. The van der Waals surface area contributed by atoms with Crippen LogP contribution in [0.1, 0.15) is 16.7 Å². The summed E-state index contributed by atoms with van der Waals surface area (Å²) in [5, 5.41) is 11.4. The van der Waals surface area contributed by atoms with Crippen LogP contribution in [-0.2, 0) is 6.54 Å². The highest BCUT2D eigenvalue weighted by molar-refractivity contribution is 5.30. The zero-order valence-electron chi connectivity index (χ0n) is 7.59. The highest BCUT2D eigenvalue weighted by Gasteiger charge is 1.96. The standard InChI is InChI=1S/C10H15NO/c1-8-3-4-10(6-11-7-12)9(2)5-8/h3-5,11-12H,6-7H2,1-2H3. The van der Waals surface area contributed by atoms with Gasteiger partial charge in [0.25, 0.3) is 0 Å². The van der Waals surface area contributed by atoms with E-state index in [9.17, 15) is 0 Å². The van der Waals surface area contributed by atoms with Gasteiger partial charge in [-0.05, 0) is 25.0 Å². The Hall–Kier alpha value is -0.860. The maximum Gasteiger partial charge on any atom is 0.0934 e. The maximum absolute atomic E-state index is 8.56. The summed E-state index contributed by atoms with van der Waals surface area (Å²) in [6, 6.07) is 6.32. The van der Waals surface area contributed by atoms with Gasteiger partial charge in [-0.3, -0.25) is 5.32 Å². The number of aliphatic hydroxyl groups is 1. The Bertz CT molecular complexity index is 258. The van der Waals surface area contributed by atoms with E-state index < -0.39 is 0 Å². The third kappa shape index (κ3) is 2.32. The molecule has 2 N–H and O–H groups in total. The van der Waals surface area contributed by atoms with Gasteiger partial charge in [0.15, 0.2) is 0 Å². The first-order valence-corrected chi connectivity index (χ1v) is 4.11. The summed E-state index contributed by atoms with van der Waals surface area (Å²) in [5.41, 5.74) is 3.80. The van der Waals surface area contributed by atoms with Crippen molar-refractivity contribution in [3.05, 3.63) is 34.9 Å². The molecule has 1 aromatic rings. The number of aryl methyl sites for hydroxylation is 2. The van der Waals surface area contributed by atoms with Gasteiger partial charge in [-0.15, -0.1) is 0 Å². The molecule has 0 saturated carbocycles. The van der Waals surface area contributed by atoms with Crippen molar-refractivity contribution in [3.8, 4) is 0 Å². The summed E-state index contributed by atoms with van der Waals surface area (Å²) in [7, 11) is 0. The fraction of sp³-hybridized carbons (Fsp3) is 0.400. The van der Waals surface area contributed by atoms with Gasteiger partial charge in [0.2, 0.25) is 0 Å². The average molecular weight is 165 g/mol.